The molecular weight excluding hydrogens is 300 g/mol. The molecule has 3 nitrogen and oxygen atoms in total. The third-order valence-electron chi connectivity index (χ3n) is 8.49. The topological polar surface area (TPSA) is 60.7 Å². The summed E-state index contributed by atoms with van der Waals surface area (Å²) in [4.78, 5) is 0. The summed E-state index contributed by atoms with van der Waals surface area (Å²) in [6.45, 7) is 2.39. The Bertz CT molecular complexity index is 605. The largest absolute Gasteiger partial charge is 0.395 e. The minimum absolute atomic E-state index is 0.139. The number of aliphatic hydroxyl groups is 3. The Hall–Kier alpha value is -0.820. The van der Waals surface area contributed by atoms with Crippen molar-refractivity contribution < 1.29 is 15.3 Å². The molecule has 4 aliphatic carbocycles. The maximum Gasteiger partial charge on any atom is 0.130 e. The van der Waals surface area contributed by atoms with Gasteiger partial charge in [0.15, 0.2) is 0 Å². The van der Waals surface area contributed by atoms with Gasteiger partial charge >= 0.3 is 0 Å². The van der Waals surface area contributed by atoms with Crippen molar-refractivity contribution in [1.29, 1.82) is 0 Å². The zero-order chi connectivity index (χ0) is 17.2. The van der Waals surface area contributed by atoms with E-state index in [1.54, 1.807) is 0 Å². The number of rotatable bonds is 1. The Morgan fingerprint density at radius 3 is 2.62 bits per heavy atom. The molecule has 0 amide bonds. The van der Waals surface area contributed by atoms with E-state index >= 15 is 0 Å². The first kappa shape index (κ1) is 16.6. The maximum absolute atomic E-state index is 11.0. The van der Waals surface area contributed by atoms with Crippen LogP contribution in [0.4, 0.5) is 0 Å². The minimum Gasteiger partial charge on any atom is -0.395 e. The molecule has 0 heterocycles. The average Bonchev–Trinajstić information content (AvgIpc) is 2.86. The predicted molar refractivity (Wildman–Crippen MR) is 92.9 cm³/mol. The summed E-state index contributed by atoms with van der Waals surface area (Å²) in [5, 5.41) is 31.4. The molecule has 3 N–H and O–H groups in total. The molecule has 0 radical (unpaired) electrons. The van der Waals surface area contributed by atoms with Crippen molar-refractivity contribution in [2.45, 2.75) is 70.0 Å². The zero-order valence-electron chi connectivity index (χ0n) is 14.7. The van der Waals surface area contributed by atoms with Crippen LogP contribution in [0, 0.1) is 40.9 Å². The van der Waals surface area contributed by atoms with Gasteiger partial charge in [-0.2, -0.15) is 0 Å². The van der Waals surface area contributed by atoms with Crippen molar-refractivity contribution in [2.75, 3.05) is 6.61 Å². The van der Waals surface area contributed by atoms with Gasteiger partial charge in [0, 0.05) is 10.8 Å². The van der Waals surface area contributed by atoms with Gasteiger partial charge < -0.3 is 15.3 Å². The predicted octanol–water partition coefficient (Wildman–Crippen LogP) is 2.65. The summed E-state index contributed by atoms with van der Waals surface area (Å²) >= 11 is 0. The van der Waals surface area contributed by atoms with Gasteiger partial charge in [-0.15, -0.1) is 6.42 Å². The lowest BCUT2D eigenvalue weighted by molar-refractivity contribution is -0.113. The lowest BCUT2D eigenvalue weighted by Crippen LogP contribution is -2.56. The molecule has 24 heavy (non-hydrogen) atoms. The summed E-state index contributed by atoms with van der Waals surface area (Å²) in [6, 6.07) is 0. The van der Waals surface area contributed by atoms with Crippen LogP contribution in [0.25, 0.3) is 0 Å². The van der Waals surface area contributed by atoms with E-state index in [1.807, 2.05) is 6.08 Å². The molecule has 0 aromatic rings. The first-order valence-electron chi connectivity index (χ1n) is 9.60. The first-order valence-corrected chi connectivity index (χ1v) is 9.60. The van der Waals surface area contributed by atoms with Crippen molar-refractivity contribution in [2.24, 2.45) is 28.6 Å². The molecule has 0 aliphatic heterocycles. The minimum atomic E-state index is -0.964. The molecular formula is C21H30O3. The van der Waals surface area contributed by atoms with E-state index in [9.17, 15) is 15.3 Å². The van der Waals surface area contributed by atoms with Crippen molar-refractivity contribution in [3.8, 4) is 12.3 Å². The Kier molecular flexibility index (Phi) is 3.70. The molecule has 7 atom stereocenters. The second-order valence-electron chi connectivity index (χ2n) is 9.03. The monoisotopic (exact) mass is 330 g/mol. The van der Waals surface area contributed by atoms with Gasteiger partial charge in [0.2, 0.25) is 0 Å². The van der Waals surface area contributed by atoms with Crippen LogP contribution in [-0.2, 0) is 0 Å². The van der Waals surface area contributed by atoms with Crippen molar-refractivity contribution in [3.05, 3.63) is 11.6 Å². The van der Waals surface area contributed by atoms with E-state index in [-0.39, 0.29) is 23.5 Å². The molecule has 132 valence electrons. The second kappa shape index (κ2) is 5.34. The third-order valence-corrected chi connectivity index (χ3v) is 8.49. The smallest absolute Gasteiger partial charge is 0.130 e. The van der Waals surface area contributed by atoms with Gasteiger partial charge in [0.1, 0.15) is 5.60 Å². The summed E-state index contributed by atoms with van der Waals surface area (Å²) in [6.07, 6.45) is 14.8. The van der Waals surface area contributed by atoms with Gasteiger partial charge in [0.25, 0.3) is 0 Å². The van der Waals surface area contributed by atoms with Gasteiger partial charge in [-0.25, -0.2) is 0 Å². The number of hydrogen-bond donors (Lipinski definition) is 3. The average molecular weight is 330 g/mol. The zero-order valence-corrected chi connectivity index (χ0v) is 14.7. The van der Waals surface area contributed by atoms with Gasteiger partial charge in [-0.1, -0.05) is 24.5 Å². The lowest BCUT2D eigenvalue weighted by Gasteiger charge is -2.59. The molecule has 3 saturated carbocycles. The van der Waals surface area contributed by atoms with Crippen LogP contribution < -0.4 is 0 Å². The molecule has 4 rings (SSSR count). The van der Waals surface area contributed by atoms with Gasteiger partial charge in [-0.05, 0) is 69.1 Å². The van der Waals surface area contributed by atoms with Crippen LogP contribution >= 0.6 is 0 Å². The van der Waals surface area contributed by atoms with Crippen LogP contribution in [0.15, 0.2) is 11.6 Å². The number of fused-ring (bicyclic) bond motifs is 5. The van der Waals surface area contributed by atoms with Crippen LogP contribution in [0.3, 0.4) is 0 Å². The van der Waals surface area contributed by atoms with E-state index in [0.717, 1.165) is 44.9 Å². The van der Waals surface area contributed by atoms with E-state index in [4.69, 9.17) is 6.42 Å². The molecule has 3 fully saturated rings. The molecule has 3 heteroatoms. The lowest BCUT2D eigenvalue weighted by atomic mass is 9.46. The highest BCUT2D eigenvalue weighted by Gasteiger charge is 2.64. The molecule has 0 spiro atoms. The fourth-order valence-corrected chi connectivity index (χ4v) is 7.05. The summed E-state index contributed by atoms with van der Waals surface area (Å²) in [5.41, 5.74) is 0.00205. The van der Waals surface area contributed by atoms with Crippen molar-refractivity contribution in [3.63, 3.8) is 0 Å². The van der Waals surface area contributed by atoms with Crippen molar-refractivity contribution in [1.82, 2.24) is 0 Å². The number of aliphatic hydroxyl groups excluding tert-OH is 2. The van der Waals surface area contributed by atoms with E-state index in [2.05, 4.69) is 12.8 Å². The summed E-state index contributed by atoms with van der Waals surface area (Å²) in [5.74, 6) is 4.17. The molecule has 4 aliphatic rings. The Morgan fingerprint density at radius 1 is 1.17 bits per heavy atom. The highest BCUT2D eigenvalue weighted by Crippen LogP contribution is 2.67. The molecule has 0 bridgehead atoms. The quantitative estimate of drug-likeness (QED) is 0.512. The Labute approximate surface area is 145 Å². The molecule has 0 aromatic carbocycles. The van der Waals surface area contributed by atoms with E-state index in [0.29, 0.717) is 24.2 Å². The van der Waals surface area contributed by atoms with Gasteiger partial charge in [-0.3, -0.25) is 0 Å². The van der Waals surface area contributed by atoms with E-state index in [1.165, 1.54) is 5.57 Å². The fraction of sp³-hybridized carbons (Fsp3) is 0.810. The van der Waals surface area contributed by atoms with Crippen LogP contribution in [0.1, 0.15) is 58.3 Å². The molecule has 2 unspecified atom stereocenters. The molecule has 0 saturated heterocycles. The fourth-order valence-electron chi connectivity index (χ4n) is 7.05. The van der Waals surface area contributed by atoms with Gasteiger partial charge in [0.05, 0.1) is 12.7 Å². The first-order chi connectivity index (χ1) is 11.4. The van der Waals surface area contributed by atoms with Crippen LogP contribution in [0.5, 0.6) is 0 Å². The van der Waals surface area contributed by atoms with Crippen LogP contribution in [-0.4, -0.2) is 33.6 Å². The number of hydrogen-bond acceptors (Lipinski definition) is 3. The highest BCUT2D eigenvalue weighted by atomic mass is 16.3. The molecule has 0 aromatic heterocycles. The number of terminal acetylenes is 1. The Morgan fingerprint density at radius 2 is 1.92 bits per heavy atom. The highest BCUT2D eigenvalue weighted by molar-refractivity contribution is 5.29. The van der Waals surface area contributed by atoms with Crippen LogP contribution in [0.2, 0.25) is 0 Å². The normalized spacial score (nSPS) is 53.4. The SMILES string of the molecule is C#CC1(O)CC[C@H]2[C@@H]3CCC4=CC(O)CC[C@]4(CO)[C@@H]3CC[C@@]21C. The summed E-state index contributed by atoms with van der Waals surface area (Å²) < 4.78 is 0. The maximum atomic E-state index is 11.0. The second-order valence-corrected chi connectivity index (χ2v) is 9.03. The Balaban J connectivity index is 1.71. The third kappa shape index (κ3) is 1.91. The standard InChI is InChI=1S/C21H30O3/c1-3-21(24)11-8-17-16-5-4-14-12-15(23)6-10-20(14,13-22)18(16)7-9-19(17,21)2/h1,12,15-18,22-24H,4-11,13H2,2H3/t15?,16-,17-,18+,19-,20+,21?/m0/s1. The van der Waals surface area contributed by atoms with E-state index < -0.39 is 5.60 Å². The van der Waals surface area contributed by atoms with Crippen molar-refractivity contribution >= 4 is 0 Å². The summed E-state index contributed by atoms with van der Waals surface area (Å²) in [7, 11) is 0.